The van der Waals surface area contributed by atoms with E-state index in [0.717, 1.165) is 11.3 Å². The largest absolute Gasteiger partial charge is 0.396 e. The zero-order chi connectivity index (χ0) is 8.81. The minimum Gasteiger partial charge on any atom is -0.396 e. The minimum atomic E-state index is -0.197. The molecule has 0 aliphatic rings. The molecular weight excluding hydrogens is 175 g/mol. The lowest BCUT2D eigenvalue weighted by Gasteiger charge is -1.99. The molecule has 0 radical (unpaired) electrons. The fourth-order valence-electron chi connectivity index (χ4n) is 0.881. The van der Waals surface area contributed by atoms with E-state index in [-0.39, 0.29) is 12.4 Å². The molecule has 0 aliphatic heterocycles. The average molecular weight is 186 g/mol. The fraction of sp³-hybridized carbons (Fsp3) is 0.333. The van der Waals surface area contributed by atoms with Crippen LogP contribution in [0.15, 0.2) is 24.3 Å². The Morgan fingerprint density at radius 3 is 2.92 bits per heavy atom. The average Bonchev–Trinajstić information content (AvgIpc) is 2.05. The van der Waals surface area contributed by atoms with Crippen LogP contribution in [0.5, 0.6) is 0 Å². The van der Waals surface area contributed by atoms with E-state index in [9.17, 15) is 4.39 Å². The van der Waals surface area contributed by atoms with Gasteiger partial charge in [0.15, 0.2) is 0 Å². The first-order chi connectivity index (χ1) is 5.83. The highest BCUT2D eigenvalue weighted by Crippen LogP contribution is 2.12. The Labute approximate surface area is 75.6 Å². The van der Waals surface area contributed by atoms with Crippen LogP contribution in [-0.4, -0.2) is 17.5 Å². The molecule has 0 amide bonds. The van der Waals surface area contributed by atoms with Crippen molar-refractivity contribution in [1.29, 1.82) is 0 Å². The van der Waals surface area contributed by atoms with Crippen molar-refractivity contribution in [2.24, 2.45) is 0 Å². The normalized spacial score (nSPS) is 10.2. The van der Waals surface area contributed by atoms with Gasteiger partial charge in [0, 0.05) is 11.5 Å². The van der Waals surface area contributed by atoms with Crippen molar-refractivity contribution < 1.29 is 9.50 Å². The summed E-state index contributed by atoms with van der Waals surface area (Å²) >= 11 is 1.60. The van der Waals surface area contributed by atoms with E-state index in [1.165, 1.54) is 12.1 Å². The third-order valence-electron chi connectivity index (χ3n) is 1.39. The third kappa shape index (κ3) is 3.24. The number of thioether (sulfide) groups is 1. The van der Waals surface area contributed by atoms with Crippen LogP contribution in [0.2, 0.25) is 0 Å². The van der Waals surface area contributed by atoms with Gasteiger partial charge in [-0.1, -0.05) is 12.1 Å². The number of rotatable bonds is 4. The molecule has 1 N–H and O–H groups in total. The highest BCUT2D eigenvalue weighted by atomic mass is 32.2. The van der Waals surface area contributed by atoms with Gasteiger partial charge in [0.25, 0.3) is 0 Å². The van der Waals surface area contributed by atoms with E-state index in [0.29, 0.717) is 5.75 Å². The highest BCUT2D eigenvalue weighted by molar-refractivity contribution is 7.98. The molecule has 0 bridgehead atoms. The predicted molar refractivity (Wildman–Crippen MR) is 49.6 cm³/mol. The van der Waals surface area contributed by atoms with Gasteiger partial charge in [0.1, 0.15) is 5.82 Å². The molecule has 0 unspecified atom stereocenters. The Kier molecular flexibility index (Phi) is 4.11. The van der Waals surface area contributed by atoms with Crippen LogP contribution in [-0.2, 0) is 5.75 Å². The summed E-state index contributed by atoms with van der Waals surface area (Å²) in [5, 5.41) is 8.50. The summed E-state index contributed by atoms with van der Waals surface area (Å²) in [6, 6.07) is 6.53. The van der Waals surface area contributed by atoms with E-state index in [4.69, 9.17) is 5.11 Å². The Morgan fingerprint density at radius 1 is 1.42 bits per heavy atom. The molecule has 0 spiro atoms. The van der Waals surface area contributed by atoms with Crippen molar-refractivity contribution >= 4 is 11.8 Å². The summed E-state index contributed by atoms with van der Waals surface area (Å²) in [5.41, 5.74) is 0.966. The van der Waals surface area contributed by atoms with Gasteiger partial charge in [-0.25, -0.2) is 4.39 Å². The Hall–Kier alpha value is -0.540. The molecule has 0 heterocycles. The SMILES string of the molecule is OCCSCc1cccc(F)c1. The lowest BCUT2D eigenvalue weighted by molar-refractivity contribution is 0.322. The fourth-order valence-corrected chi connectivity index (χ4v) is 1.57. The number of aliphatic hydroxyl groups is 1. The van der Waals surface area contributed by atoms with Crippen molar-refractivity contribution in [3.8, 4) is 0 Å². The number of aliphatic hydroxyl groups excluding tert-OH is 1. The number of hydrogen-bond acceptors (Lipinski definition) is 2. The van der Waals surface area contributed by atoms with Gasteiger partial charge in [0.05, 0.1) is 6.61 Å². The summed E-state index contributed by atoms with van der Waals surface area (Å²) in [7, 11) is 0. The molecule has 66 valence electrons. The van der Waals surface area contributed by atoms with Gasteiger partial charge in [-0.15, -0.1) is 0 Å². The Bertz CT molecular complexity index is 240. The third-order valence-corrected chi connectivity index (χ3v) is 2.40. The molecule has 1 aromatic carbocycles. The quantitative estimate of drug-likeness (QED) is 0.726. The maximum atomic E-state index is 12.6. The maximum Gasteiger partial charge on any atom is 0.123 e. The van der Waals surface area contributed by atoms with Crippen LogP contribution in [0.4, 0.5) is 4.39 Å². The van der Waals surface area contributed by atoms with Crippen molar-refractivity contribution in [3.05, 3.63) is 35.6 Å². The lowest BCUT2D eigenvalue weighted by Crippen LogP contribution is -1.88. The number of benzene rings is 1. The Balaban J connectivity index is 2.41. The number of hydrogen-bond donors (Lipinski definition) is 1. The zero-order valence-corrected chi connectivity index (χ0v) is 7.48. The minimum absolute atomic E-state index is 0.181. The smallest absolute Gasteiger partial charge is 0.123 e. The molecule has 0 saturated heterocycles. The summed E-state index contributed by atoms with van der Waals surface area (Å²) in [5.74, 6) is 1.27. The van der Waals surface area contributed by atoms with Gasteiger partial charge >= 0.3 is 0 Å². The van der Waals surface area contributed by atoms with Gasteiger partial charge in [-0.3, -0.25) is 0 Å². The van der Waals surface area contributed by atoms with Crippen LogP contribution >= 0.6 is 11.8 Å². The molecule has 1 nitrogen and oxygen atoms in total. The van der Waals surface area contributed by atoms with Crippen molar-refractivity contribution in [3.63, 3.8) is 0 Å². The molecule has 0 atom stereocenters. The van der Waals surface area contributed by atoms with Crippen molar-refractivity contribution in [1.82, 2.24) is 0 Å². The predicted octanol–water partition coefficient (Wildman–Crippen LogP) is 2.05. The standard InChI is InChI=1S/C9H11FOS/c10-9-3-1-2-8(6-9)7-12-5-4-11/h1-3,6,11H,4-5,7H2. The van der Waals surface area contributed by atoms with Gasteiger partial charge < -0.3 is 5.11 Å². The van der Waals surface area contributed by atoms with E-state index < -0.39 is 0 Å². The lowest BCUT2D eigenvalue weighted by atomic mass is 10.2. The topological polar surface area (TPSA) is 20.2 Å². The first-order valence-electron chi connectivity index (χ1n) is 3.76. The van der Waals surface area contributed by atoms with Crippen molar-refractivity contribution in [2.75, 3.05) is 12.4 Å². The molecule has 0 aromatic heterocycles. The monoisotopic (exact) mass is 186 g/mol. The van der Waals surface area contributed by atoms with Crippen LogP contribution in [0.25, 0.3) is 0 Å². The molecule has 1 aromatic rings. The molecular formula is C9H11FOS. The summed E-state index contributed by atoms with van der Waals surface area (Å²) in [6.07, 6.45) is 0. The van der Waals surface area contributed by atoms with Crippen LogP contribution in [0.3, 0.4) is 0 Å². The van der Waals surface area contributed by atoms with E-state index in [2.05, 4.69) is 0 Å². The van der Waals surface area contributed by atoms with Gasteiger partial charge in [-0.2, -0.15) is 11.8 Å². The summed E-state index contributed by atoms with van der Waals surface area (Å²) in [4.78, 5) is 0. The van der Waals surface area contributed by atoms with E-state index >= 15 is 0 Å². The second-order valence-electron chi connectivity index (χ2n) is 2.41. The first-order valence-corrected chi connectivity index (χ1v) is 4.91. The first kappa shape index (κ1) is 9.55. The van der Waals surface area contributed by atoms with Gasteiger partial charge in [0.2, 0.25) is 0 Å². The van der Waals surface area contributed by atoms with E-state index in [1.807, 2.05) is 6.07 Å². The van der Waals surface area contributed by atoms with Crippen LogP contribution in [0, 0.1) is 5.82 Å². The maximum absolute atomic E-state index is 12.6. The highest BCUT2D eigenvalue weighted by Gasteiger charge is 1.94. The molecule has 3 heteroatoms. The second kappa shape index (κ2) is 5.17. The molecule has 0 fully saturated rings. The number of halogens is 1. The summed E-state index contributed by atoms with van der Waals surface area (Å²) in [6.45, 7) is 0.181. The molecule has 0 aliphatic carbocycles. The van der Waals surface area contributed by atoms with Crippen LogP contribution < -0.4 is 0 Å². The molecule has 12 heavy (non-hydrogen) atoms. The zero-order valence-electron chi connectivity index (χ0n) is 6.66. The van der Waals surface area contributed by atoms with Crippen LogP contribution in [0.1, 0.15) is 5.56 Å². The van der Waals surface area contributed by atoms with E-state index in [1.54, 1.807) is 17.8 Å². The summed E-state index contributed by atoms with van der Waals surface area (Å²) < 4.78 is 12.6. The molecule has 0 saturated carbocycles. The van der Waals surface area contributed by atoms with Crippen molar-refractivity contribution in [2.45, 2.75) is 5.75 Å². The Morgan fingerprint density at radius 2 is 2.25 bits per heavy atom. The second-order valence-corrected chi connectivity index (χ2v) is 3.51. The molecule has 1 rings (SSSR count). The van der Waals surface area contributed by atoms with Gasteiger partial charge in [-0.05, 0) is 17.7 Å².